The number of carbonyl (C=O) groups excluding carboxylic acids is 2. The van der Waals surface area contributed by atoms with Crippen LogP contribution in [0.1, 0.15) is 63.4 Å². The Labute approximate surface area is 161 Å². The molecule has 0 unspecified atom stereocenters. The zero-order valence-electron chi connectivity index (χ0n) is 16.8. The van der Waals surface area contributed by atoms with Crippen LogP contribution in [-0.2, 0) is 14.1 Å². The maximum atomic E-state index is 12.2. The van der Waals surface area contributed by atoms with E-state index in [0.717, 1.165) is 29.4 Å². The van der Waals surface area contributed by atoms with Crippen LogP contribution in [0.15, 0.2) is 29.7 Å². The molecule has 1 saturated carbocycles. The number of amides is 1. The molecule has 0 bridgehead atoms. The summed E-state index contributed by atoms with van der Waals surface area (Å²) in [4.78, 5) is 23.6. The molecule has 1 aliphatic carbocycles. The van der Waals surface area contributed by atoms with Gasteiger partial charge in [-0.1, -0.05) is 30.3 Å². The second-order valence-corrected chi connectivity index (χ2v) is 8.48. The van der Waals surface area contributed by atoms with E-state index in [4.69, 9.17) is 9.31 Å². The van der Waals surface area contributed by atoms with Gasteiger partial charge in [-0.2, -0.15) is 0 Å². The zero-order chi connectivity index (χ0) is 19.8. The first-order valence-corrected chi connectivity index (χ1v) is 9.54. The molecule has 1 aromatic rings. The Kier molecular flexibility index (Phi) is 5.32. The van der Waals surface area contributed by atoms with Crippen LogP contribution in [0.4, 0.5) is 0 Å². The second-order valence-electron chi connectivity index (χ2n) is 8.48. The van der Waals surface area contributed by atoms with Gasteiger partial charge in [0.15, 0.2) is 5.78 Å². The van der Waals surface area contributed by atoms with Gasteiger partial charge in [-0.3, -0.25) is 9.59 Å². The molecular formula is C21H28BNO4. The van der Waals surface area contributed by atoms with Gasteiger partial charge in [0.05, 0.1) is 11.2 Å². The molecule has 1 amide bonds. The lowest BCUT2D eigenvalue weighted by atomic mass is 9.77. The Balaban J connectivity index is 1.82. The maximum absolute atomic E-state index is 12.2. The van der Waals surface area contributed by atoms with E-state index in [0.29, 0.717) is 6.54 Å². The molecule has 1 heterocycles. The van der Waals surface area contributed by atoms with Crippen molar-refractivity contribution in [1.29, 1.82) is 0 Å². The summed E-state index contributed by atoms with van der Waals surface area (Å²) in [6.45, 7) is 9.83. The highest BCUT2D eigenvalue weighted by atomic mass is 16.7. The molecule has 1 saturated heterocycles. The van der Waals surface area contributed by atoms with Gasteiger partial charge in [-0.05, 0) is 51.6 Å². The second kappa shape index (κ2) is 7.25. The number of hydrogen-bond donors (Lipinski definition) is 1. The fourth-order valence-corrected chi connectivity index (χ4v) is 2.96. The Morgan fingerprint density at radius 1 is 1.11 bits per heavy atom. The molecule has 2 fully saturated rings. The van der Waals surface area contributed by atoms with Crippen LogP contribution in [0, 0.1) is 5.92 Å². The molecule has 1 N–H and O–H groups in total. The fourth-order valence-electron chi connectivity index (χ4n) is 2.96. The van der Waals surface area contributed by atoms with Crippen LogP contribution in [0.5, 0.6) is 0 Å². The number of rotatable bonds is 6. The van der Waals surface area contributed by atoms with Crippen LogP contribution in [0.25, 0.3) is 6.08 Å². The van der Waals surface area contributed by atoms with Crippen molar-refractivity contribution in [2.75, 3.05) is 6.54 Å². The summed E-state index contributed by atoms with van der Waals surface area (Å²) < 4.78 is 12.3. The van der Waals surface area contributed by atoms with E-state index in [1.165, 1.54) is 6.92 Å². The average molecular weight is 369 g/mol. The SMILES string of the molecule is CC(=O)NCC(=Cc1ccc(C(=O)C2CC2)cc1)B1OC(C)(C)C(C)(C)O1. The minimum absolute atomic E-state index is 0.109. The van der Waals surface area contributed by atoms with Crippen molar-refractivity contribution in [1.82, 2.24) is 5.32 Å². The Morgan fingerprint density at radius 2 is 1.67 bits per heavy atom. The predicted octanol–water partition coefficient (Wildman–Crippen LogP) is 3.43. The van der Waals surface area contributed by atoms with Crippen molar-refractivity contribution >= 4 is 24.9 Å². The monoisotopic (exact) mass is 369 g/mol. The van der Waals surface area contributed by atoms with E-state index in [-0.39, 0.29) is 17.6 Å². The minimum atomic E-state index is -0.533. The summed E-state index contributed by atoms with van der Waals surface area (Å²) >= 11 is 0. The van der Waals surface area contributed by atoms with Gasteiger partial charge in [0.25, 0.3) is 0 Å². The van der Waals surface area contributed by atoms with E-state index in [9.17, 15) is 9.59 Å². The largest absolute Gasteiger partial charge is 0.492 e. The van der Waals surface area contributed by atoms with Crippen molar-refractivity contribution in [3.63, 3.8) is 0 Å². The molecule has 3 rings (SSSR count). The number of benzene rings is 1. The number of ketones is 1. The highest BCUT2D eigenvalue weighted by molar-refractivity contribution is 6.56. The molecule has 5 nitrogen and oxygen atoms in total. The highest BCUT2D eigenvalue weighted by Gasteiger charge is 2.52. The van der Waals surface area contributed by atoms with E-state index in [2.05, 4.69) is 5.32 Å². The van der Waals surface area contributed by atoms with Crippen molar-refractivity contribution in [2.45, 2.75) is 58.7 Å². The Bertz CT molecular complexity index is 747. The molecule has 1 aliphatic heterocycles. The zero-order valence-corrected chi connectivity index (χ0v) is 16.8. The van der Waals surface area contributed by atoms with Crippen LogP contribution < -0.4 is 5.32 Å². The molecular weight excluding hydrogens is 341 g/mol. The van der Waals surface area contributed by atoms with E-state index in [1.807, 2.05) is 58.0 Å². The highest BCUT2D eigenvalue weighted by Crippen LogP contribution is 2.39. The van der Waals surface area contributed by atoms with Gasteiger partial charge in [-0.25, -0.2) is 0 Å². The molecule has 1 aromatic carbocycles. The van der Waals surface area contributed by atoms with Crippen molar-refractivity contribution < 1.29 is 18.9 Å². The summed E-state index contributed by atoms with van der Waals surface area (Å²) in [5, 5.41) is 2.83. The third-order valence-electron chi connectivity index (χ3n) is 5.59. The average Bonchev–Trinajstić information content (AvgIpc) is 3.39. The standard InChI is InChI=1S/C21H28BNO4/c1-14(24)23-13-18(22-26-20(2,3)21(4,5)27-22)12-15-6-8-16(9-7-15)19(25)17-10-11-17/h6-9,12,17H,10-11,13H2,1-5H3,(H,23,24). The molecule has 0 aromatic heterocycles. The quantitative estimate of drug-likeness (QED) is 0.616. The third kappa shape index (κ3) is 4.50. The Hall–Kier alpha value is -1.92. The first-order chi connectivity index (χ1) is 12.6. The summed E-state index contributed by atoms with van der Waals surface area (Å²) in [5.74, 6) is 0.337. The maximum Gasteiger partial charge on any atom is 0.492 e. The lowest BCUT2D eigenvalue weighted by Crippen LogP contribution is -2.41. The molecule has 144 valence electrons. The molecule has 6 heteroatoms. The van der Waals surface area contributed by atoms with Crippen LogP contribution >= 0.6 is 0 Å². The molecule has 27 heavy (non-hydrogen) atoms. The molecule has 2 aliphatic rings. The number of carbonyl (C=O) groups is 2. The molecule has 0 atom stereocenters. The summed E-state index contributed by atoms with van der Waals surface area (Å²) in [6, 6.07) is 7.59. The first-order valence-electron chi connectivity index (χ1n) is 9.54. The van der Waals surface area contributed by atoms with Gasteiger partial charge < -0.3 is 14.6 Å². The minimum Gasteiger partial charge on any atom is -0.400 e. The molecule has 0 radical (unpaired) electrons. The summed E-state index contributed by atoms with van der Waals surface area (Å²) in [5.41, 5.74) is 1.64. The predicted molar refractivity (Wildman–Crippen MR) is 106 cm³/mol. The number of nitrogens with one attached hydrogen (secondary N) is 1. The third-order valence-corrected chi connectivity index (χ3v) is 5.59. The van der Waals surface area contributed by atoms with Gasteiger partial charge in [0.2, 0.25) is 5.91 Å². The summed E-state index contributed by atoms with van der Waals surface area (Å²) in [7, 11) is -0.533. The van der Waals surface area contributed by atoms with E-state index >= 15 is 0 Å². The van der Waals surface area contributed by atoms with Gasteiger partial charge >= 0.3 is 7.12 Å². The summed E-state index contributed by atoms with van der Waals surface area (Å²) in [6.07, 6.45) is 3.97. The fraction of sp³-hybridized carbons (Fsp3) is 0.524. The topological polar surface area (TPSA) is 64.6 Å². The normalized spacial score (nSPS) is 21.2. The van der Waals surface area contributed by atoms with Crippen molar-refractivity contribution in [3.8, 4) is 0 Å². The van der Waals surface area contributed by atoms with Crippen molar-refractivity contribution in [2.24, 2.45) is 5.92 Å². The van der Waals surface area contributed by atoms with Crippen LogP contribution in [-0.4, -0.2) is 36.6 Å². The smallest absolute Gasteiger partial charge is 0.400 e. The van der Waals surface area contributed by atoms with Gasteiger partial charge in [0.1, 0.15) is 0 Å². The van der Waals surface area contributed by atoms with Gasteiger partial charge in [0, 0.05) is 24.9 Å². The lowest BCUT2D eigenvalue weighted by molar-refractivity contribution is -0.118. The lowest BCUT2D eigenvalue weighted by Gasteiger charge is -2.32. The molecule has 0 spiro atoms. The van der Waals surface area contributed by atoms with E-state index < -0.39 is 18.3 Å². The number of Topliss-reactive ketones (excluding diaryl/α,β-unsaturated/α-hetero) is 1. The first kappa shape index (κ1) is 19.8. The van der Waals surface area contributed by atoms with E-state index in [1.54, 1.807) is 0 Å². The van der Waals surface area contributed by atoms with Crippen LogP contribution in [0.2, 0.25) is 0 Å². The van der Waals surface area contributed by atoms with Crippen LogP contribution in [0.3, 0.4) is 0 Å². The number of hydrogen-bond acceptors (Lipinski definition) is 4. The van der Waals surface area contributed by atoms with Gasteiger partial charge in [-0.15, -0.1) is 0 Å². The van der Waals surface area contributed by atoms with Crippen molar-refractivity contribution in [3.05, 3.63) is 40.9 Å². The Morgan fingerprint density at radius 3 is 2.15 bits per heavy atom.